The van der Waals surface area contributed by atoms with Crippen LogP contribution in [0.5, 0.6) is 0 Å². The number of cyclic esters (lactones) is 7. The standard InChI is InChI=1S/C11H16O2.C10H14O2.C9H12O2.C7H12O2.C6H10O3.C6H10O2.2C5H8O3.2C5H8O2/c1-5-7-4-6-8(11(7,2)3)9(5)13-10(6)12;1-5-6-3-7-8(4-6)10(5,2)12-9(7)11;1-4-5-2-6-7(3-5)9(10)11-8(4)6;1-5-6(8)9-4-7(5,2)3;1-6(8)2-3-9-5(7)4-6;1-4-3-8-6(7)5(4)2;1-5(7)2-4(6)8-3-5;1-5(7)2-3-8-4(5)6;1-4-2-5(6)7-3-4;1-4-2-3-7-5(4)6/h5-9H,4H2,1-3H3;5-8H,3-4H2,1-2H3;4-8H,2-3H2,1H3;5H,4H2,1-3H3;8H,2-4H2,1H3;4-5H,3H2,1-2H3;2*7H,2-3H2,1H3;2*4H,2-3H2,1H3. The maximum absolute atomic E-state index is 11.5. The van der Waals surface area contributed by atoms with Gasteiger partial charge in [0.25, 0.3) is 0 Å². The van der Waals surface area contributed by atoms with Crippen LogP contribution in [0.2, 0.25) is 0 Å². The molecular formula is C69H106O23. The molecule has 23 unspecified atom stereocenters. The minimum Gasteiger partial charge on any atom is -0.465 e. The molecule has 6 aliphatic carbocycles. The average molecular weight is 1300 g/mol. The molecule has 0 aromatic carbocycles. The van der Waals surface area contributed by atoms with Gasteiger partial charge in [-0.15, -0.1) is 0 Å². The van der Waals surface area contributed by atoms with Gasteiger partial charge in [0.1, 0.15) is 30.0 Å². The maximum Gasteiger partial charge on any atom is 0.337 e. The van der Waals surface area contributed by atoms with E-state index in [4.69, 9.17) is 33.9 Å². The van der Waals surface area contributed by atoms with Gasteiger partial charge in [-0.1, -0.05) is 83.1 Å². The molecule has 3 N–H and O–H groups in total. The lowest BCUT2D eigenvalue weighted by Crippen LogP contribution is -2.37. The summed E-state index contributed by atoms with van der Waals surface area (Å²) in [7, 11) is 0. The SMILES string of the molecule is CC1(O)CCOC(=O)C1.CC1(O)CCOC1=O.CC1(O)COC(=O)C1.CC1C(=O)OCC1(C)C.CC1C2CC3C(=O)OC1(C)C3C2.CC1C2CC3C(=O)OC1C3C2.CC1C2OC(=O)C3CC1C(C)(C)C32.CC1CCOC1=O.CC1COC(=O)C1.CC1COC(=O)C1C. The highest BCUT2D eigenvalue weighted by Crippen LogP contribution is 2.67. The Hall–Kier alpha value is -5.42. The van der Waals surface area contributed by atoms with Gasteiger partial charge in [0.05, 0.1) is 100 Å². The van der Waals surface area contributed by atoms with Gasteiger partial charge in [-0.25, -0.2) is 4.79 Å². The van der Waals surface area contributed by atoms with E-state index in [0.29, 0.717) is 130 Å². The van der Waals surface area contributed by atoms with E-state index < -0.39 is 22.8 Å². The zero-order valence-electron chi connectivity index (χ0n) is 57.2. The van der Waals surface area contributed by atoms with Crippen LogP contribution in [-0.2, 0) is 95.3 Å². The molecule has 520 valence electrons. The number of hydrogen-bond acceptors (Lipinski definition) is 23. The van der Waals surface area contributed by atoms with Crippen LogP contribution >= 0.6 is 0 Å². The molecule has 16 aliphatic rings. The van der Waals surface area contributed by atoms with Crippen molar-refractivity contribution in [2.75, 3.05) is 46.2 Å². The Morgan fingerprint density at radius 1 is 0.478 bits per heavy atom. The minimum atomic E-state index is -1.21. The van der Waals surface area contributed by atoms with E-state index in [2.05, 4.69) is 65.2 Å². The summed E-state index contributed by atoms with van der Waals surface area (Å²) in [5.74, 6) is 6.68. The average Bonchev–Trinajstić information content (AvgIpc) is 1.55. The Labute approximate surface area is 542 Å². The second kappa shape index (κ2) is 28.9. The lowest BCUT2D eigenvalue weighted by molar-refractivity contribution is -0.158. The van der Waals surface area contributed by atoms with E-state index in [0.717, 1.165) is 37.5 Å². The summed E-state index contributed by atoms with van der Waals surface area (Å²) < 4.78 is 48.7. The Balaban J connectivity index is 0.000000146. The zero-order chi connectivity index (χ0) is 68.5. The number of carbonyl (C=O) groups excluding carboxylic acids is 10. The van der Waals surface area contributed by atoms with Gasteiger partial charge in [0.2, 0.25) is 0 Å². The van der Waals surface area contributed by atoms with Crippen molar-refractivity contribution in [2.45, 2.75) is 216 Å². The second-order valence-electron chi connectivity index (χ2n) is 31.4. The third-order valence-corrected chi connectivity index (χ3v) is 23.1. The highest BCUT2D eigenvalue weighted by Gasteiger charge is 2.69. The normalized spacial score (nSPS) is 43.9. The second-order valence-corrected chi connectivity index (χ2v) is 31.4. The lowest BCUT2D eigenvalue weighted by atomic mass is 9.75. The number of ether oxygens (including phenoxy) is 10. The maximum atomic E-state index is 11.5. The first kappa shape index (κ1) is 74.0. The van der Waals surface area contributed by atoms with Crippen LogP contribution in [-0.4, -0.2) is 156 Å². The van der Waals surface area contributed by atoms with Gasteiger partial charge < -0.3 is 62.7 Å². The Morgan fingerprint density at radius 2 is 1.10 bits per heavy atom. The molecular weight excluding hydrogens is 1200 g/mol. The number of carbonyl (C=O) groups is 10. The molecule has 23 heteroatoms. The van der Waals surface area contributed by atoms with Crippen molar-refractivity contribution in [3.05, 3.63) is 0 Å². The first-order valence-corrected chi connectivity index (χ1v) is 33.6. The van der Waals surface area contributed by atoms with Gasteiger partial charge in [-0.2, -0.15) is 0 Å². The first-order chi connectivity index (χ1) is 42.6. The predicted octanol–water partition coefficient (Wildman–Crippen LogP) is 7.24. The van der Waals surface area contributed by atoms with Crippen LogP contribution in [0.4, 0.5) is 0 Å². The van der Waals surface area contributed by atoms with Crippen molar-refractivity contribution in [1.82, 2.24) is 0 Å². The number of rotatable bonds is 0. The van der Waals surface area contributed by atoms with Gasteiger partial charge in [0, 0.05) is 47.8 Å². The monoisotopic (exact) mass is 1300 g/mol. The van der Waals surface area contributed by atoms with E-state index in [-0.39, 0.29) is 120 Å². The van der Waals surface area contributed by atoms with Crippen LogP contribution in [0.1, 0.15) is 181 Å². The van der Waals surface area contributed by atoms with Crippen molar-refractivity contribution < 1.29 is 111 Å². The molecule has 10 aliphatic heterocycles. The molecule has 0 radical (unpaired) electrons. The largest absolute Gasteiger partial charge is 0.465 e. The van der Waals surface area contributed by atoms with Crippen molar-refractivity contribution in [3.8, 4) is 0 Å². The summed E-state index contributed by atoms with van der Waals surface area (Å²) in [5.41, 5.74) is -2.64. The number of esters is 10. The molecule has 6 saturated carbocycles. The zero-order valence-corrected chi connectivity index (χ0v) is 57.2. The smallest absolute Gasteiger partial charge is 0.337 e. The summed E-state index contributed by atoms with van der Waals surface area (Å²) in [4.78, 5) is 107. The molecule has 10 heterocycles. The topological polar surface area (TPSA) is 324 Å². The van der Waals surface area contributed by atoms with Gasteiger partial charge in [-0.3, -0.25) is 43.2 Å². The fraction of sp³-hybridized carbons (Fsp3) is 0.855. The third kappa shape index (κ3) is 16.8. The lowest BCUT2D eigenvalue weighted by Gasteiger charge is -2.32. The molecule has 23 nitrogen and oxygen atoms in total. The van der Waals surface area contributed by atoms with Crippen LogP contribution < -0.4 is 0 Å². The third-order valence-electron chi connectivity index (χ3n) is 23.1. The molecule has 0 amide bonds. The molecule has 23 atom stereocenters. The van der Waals surface area contributed by atoms with Gasteiger partial charge >= 0.3 is 59.7 Å². The Morgan fingerprint density at radius 3 is 1.42 bits per heavy atom. The Bertz CT molecular complexity index is 2730. The molecule has 0 aromatic heterocycles. The fourth-order valence-corrected chi connectivity index (χ4v) is 16.0. The number of aliphatic hydroxyl groups is 3. The van der Waals surface area contributed by atoms with Crippen molar-refractivity contribution >= 4 is 59.7 Å². The van der Waals surface area contributed by atoms with Crippen LogP contribution in [0.3, 0.4) is 0 Å². The summed E-state index contributed by atoms with van der Waals surface area (Å²) >= 11 is 0. The van der Waals surface area contributed by atoms with Crippen molar-refractivity contribution in [3.63, 3.8) is 0 Å². The number of hydrogen-bond donors (Lipinski definition) is 3. The quantitative estimate of drug-likeness (QED) is 0.159. The molecule has 0 aromatic rings. The summed E-state index contributed by atoms with van der Waals surface area (Å²) in [6.07, 6.45) is 9.06. The molecule has 10 saturated heterocycles. The summed E-state index contributed by atoms with van der Waals surface area (Å²) in [6, 6.07) is 0. The molecule has 92 heavy (non-hydrogen) atoms. The minimum absolute atomic E-state index is 0.0417. The summed E-state index contributed by atoms with van der Waals surface area (Å²) in [6.45, 7) is 35.2. The van der Waals surface area contributed by atoms with Crippen molar-refractivity contribution in [2.24, 2.45) is 111 Å². The molecule has 16 fully saturated rings. The first-order valence-electron chi connectivity index (χ1n) is 33.6. The predicted molar refractivity (Wildman–Crippen MR) is 326 cm³/mol. The van der Waals surface area contributed by atoms with Gasteiger partial charge in [-0.05, 0) is 107 Å². The summed E-state index contributed by atoms with van der Waals surface area (Å²) in [5, 5.41) is 27.3. The Kier molecular flexibility index (Phi) is 23.2. The molecule has 0 spiro atoms. The highest BCUT2D eigenvalue weighted by molar-refractivity contribution is 5.81. The van der Waals surface area contributed by atoms with Gasteiger partial charge in [0.15, 0.2) is 5.60 Å². The molecule has 6 bridgehead atoms. The number of fused-ring (bicyclic) bond motifs is 3. The van der Waals surface area contributed by atoms with Crippen LogP contribution in [0.25, 0.3) is 0 Å². The highest BCUT2D eigenvalue weighted by atomic mass is 16.6. The van der Waals surface area contributed by atoms with Crippen molar-refractivity contribution in [1.29, 1.82) is 0 Å². The van der Waals surface area contributed by atoms with E-state index in [1.807, 2.05) is 48.5 Å². The van der Waals surface area contributed by atoms with E-state index >= 15 is 0 Å². The molecule has 16 rings (SSSR count). The fourth-order valence-electron chi connectivity index (χ4n) is 16.0. The van der Waals surface area contributed by atoms with Crippen LogP contribution in [0, 0.1) is 111 Å². The van der Waals surface area contributed by atoms with E-state index in [1.165, 1.54) is 19.8 Å². The van der Waals surface area contributed by atoms with E-state index in [1.54, 1.807) is 13.8 Å². The van der Waals surface area contributed by atoms with Crippen LogP contribution in [0.15, 0.2) is 0 Å². The van der Waals surface area contributed by atoms with E-state index in [9.17, 15) is 53.1 Å².